The number of hydrogen-bond donors (Lipinski definition) is 4. The number of allylic oxidation sites excluding steroid dienone is 8. The Morgan fingerprint density at radius 3 is 1.98 bits per heavy atom. The zero-order valence-electron chi connectivity index (χ0n) is 29.5. The van der Waals surface area contributed by atoms with Crippen molar-refractivity contribution in [2.45, 2.75) is 147 Å². The SMILES string of the molecule is CC/C=C\C/C=C\C/C=C\C/C=C\CCCOCC(COC1OC(CO)C(O)C(OS(=O)(=O)O)C1O)OC(=O)CCCCCCCCCC. The van der Waals surface area contributed by atoms with Gasteiger partial charge in [0.2, 0.25) is 0 Å². The fourth-order valence-corrected chi connectivity index (χ4v) is 5.54. The van der Waals surface area contributed by atoms with Gasteiger partial charge in [0.25, 0.3) is 0 Å². The van der Waals surface area contributed by atoms with Crippen molar-refractivity contribution in [3.8, 4) is 0 Å². The second-order valence-corrected chi connectivity index (χ2v) is 13.1. The van der Waals surface area contributed by atoms with E-state index in [1.165, 1.54) is 25.7 Å². The van der Waals surface area contributed by atoms with Gasteiger partial charge >= 0.3 is 16.4 Å². The van der Waals surface area contributed by atoms with Crippen molar-refractivity contribution in [1.29, 1.82) is 0 Å². The van der Waals surface area contributed by atoms with Gasteiger partial charge in [-0.1, -0.05) is 107 Å². The second kappa shape index (κ2) is 28.7. The zero-order valence-corrected chi connectivity index (χ0v) is 30.3. The molecule has 284 valence electrons. The molecule has 0 aromatic carbocycles. The van der Waals surface area contributed by atoms with Crippen LogP contribution in [0.5, 0.6) is 0 Å². The maximum absolute atomic E-state index is 12.6. The molecular formula is C36H62O12S. The minimum atomic E-state index is -5.06. The predicted molar refractivity (Wildman–Crippen MR) is 188 cm³/mol. The largest absolute Gasteiger partial charge is 0.457 e. The molecule has 0 bridgehead atoms. The average Bonchev–Trinajstić information content (AvgIpc) is 3.06. The van der Waals surface area contributed by atoms with Crippen LogP contribution in [0.4, 0.5) is 0 Å². The fraction of sp³-hybridized carbons (Fsp3) is 0.750. The van der Waals surface area contributed by atoms with Crippen molar-refractivity contribution in [3.05, 3.63) is 48.6 Å². The number of carbonyl (C=O) groups excluding carboxylic acids is 1. The van der Waals surface area contributed by atoms with Crippen molar-refractivity contribution in [2.24, 2.45) is 0 Å². The Bertz CT molecular complexity index is 1060. The van der Waals surface area contributed by atoms with Gasteiger partial charge in [0, 0.05) is 13.0 Å². The number of aliphatic hydroxyl groups excluding tert-OH is 3. The Balaban J connectivity index is 2.58. The summed E-state index contributed by atoms with van der Waals surface area (Å²) in [6.07, 6.45) is 21.9. The highest BCUT2D eigenvalue weighted by atomic mass is 32.3. The van der Waals surface area contributed by atoms with E-state index >= 15 is 0 Å². The van der Waals surface area contributed by atoms with Crippen molar-refractivity contribution in [1.82, 2.24) is 0 Å². The third-order valence-corrected chi connectivity index (χ3v) is 8.18. The molecule has 4 N–H and O–H groups in total. The summed E-state index contributed by atoms with van der Waals surface area (Å²) in [5, 5.41) is 30.4. The van der Waals surface area contributed by atoms with Crippen LogP contribution in [0.2, 0.25) is 0 Å². The van der Waals surface area contributed by atoms with Gasteiger partial charge in [0.15, 0.2) is 6.29 Å². The number of rotatable bonds is 29. The van der Waals surface area contributed by atoms with E-state index in [0.29, 0.717) is 13.0 Å². The van der Waals surface area contributed by atoms with Crippen LogP contribution in [-0.2, 0) is 38.3 Å². The molecule has 0 aromatic heterocycles. The van der Waals surface area contributed by atoms with Gasteiger partial charge in [0.05, 0.1) is 19.8 Å². The fourth-order valence-electron chi connectivity index (χ4n) is 5.03. The predicted octanol–water partition coefficient (Wildman–Crippen LogP) is 5.67. The van der Waals surface area contributed by atoms with E-state index in [0.717, 1.165) is 57.8 Å². The Morgan fingerprint density at radius 1 is 0.796 bits per heavy atom. The standard InChI is InChI=1S/C36H62O12S/c1-3-5-7-9-11-13-14-15-16-17-18-20-22-24-26-44-28-30(46-32(38)25-23-21-19-12-10-8-6-4-2)29-45-36-34(40)35(48-49(41,42)43)33(39)31(27-37)47-36/h5,7,11,13,15-16,18,20,30-31,33-37,39-40H,3-4,6,8-10,12,14,17,19,21-29H2,1-2H3,(H,41,42,43)/b7-5-,13-11-,16-15-,20-18-. The highest BCUT2D eigenvalue weighted by Crippen LogP contribution is 2.26. The molecule has 1 aliphatic rings. The molecule has 1 rings (SSSR count). The maximum Gasteiger partial charge on any atom is 0.397 e. The monoisotopic (exact) mass is 718 g/mol. The maximum atomic E-state index is 12.6. The topological polar surface area (TPSA) is 178 Å². The van der Waals surface area contributed by atoms with Gasteiger partial charge in [-0.05, 0) is 44.9 Å². The minimum Gasteiger partial charge on any atom is -0.457 e. The molecule has 1 saturated heterocycles. The highest BCUT2D eigenvalue weighted by Gasteiger charge is 2.48. The quantitative estimate of drug-likeness (QED) is 0.0323. The molecule has 1 fully saturated rings. The number of unbranched alkanes of at least 4 members (excludes halogenated alkanes) is 8. The Labute approximate surface area is 294 Å². The van der Waals surface area contributed by atoms with E-state index in [-0.39, 0.29) is 19.6 Å². The molecule has 0 aromatic rings. The summed E-state index contributed by atoms with van der Waals surface area (Å²) in [5.41, 5.74) is 0. The molecule has 1 aliphatic heterocycles. The molecule has 13 heteroatoms. The van der Waals surface area contributed by atoms with Crippen LogP contribution in [0.25, 0.3) is 0 Å². The van der Waals surface area contributed by atoms with Crippen LogP contribution in [0.1, 0.15) is 110 Å². The molecule has 1 heterocycles. The van der Waals surface area contributed by atoms with E-state index in [2.05, 4.69) is 66.6 Å². The molecule has 0 amide bonds. The number of esters is 1. The summed E-state index contributed by atoms with van der Waals surface area (Å²) in [6.45, 7) is 3.64. The smallest absolute Gasteiger partial charge is 0.397 e. The third-order valence-electron chi connectivity index (χ3n) is 7.72. The Kier molecular flexibility index (Phi) is 26.4. The molecule has 12 nitrogen and oxygen atoms in total. The van der Waals surface area contributed by atoms with E-state index in [1.54, 1.807) is 0 Å². The van der Waals surface area contributed by atoms with Gasteiger partial charge in [-0.25, -0.2) is 4.18 Å². The molecule has 0 aliphatic carbocycles. The lowest BCUT2D eigenvalue weighted by Gasteiger charge is -2.41. The summed E-state index contributed by atoms with van der Waals surface area (Å²) >= 11 is 0. The lowest BCUT2D eigenvalue weighted by molar-refractivity contribution is -0.301. The summed E-state index contributed by atoms with van der Waals surface area (Å²) in [6, 6.07) is 0. The number of aliphatic hydroxyl groups is 3. The molecule has 6 unspecified atom stereocenters. The van der Waals surface area contributed by atoms with Crippen LogP contribution in [-0.4, -0.2) is 97.5 Å². The molecule has 0 radical (unpaired) electrons. The molecular weight excluding hydrogens is 656 g/mol. The Hall–Kier alpha value is -1.94. The van der Waals surface area contributed by atoms with Crippen molar-refractivity contribution in [3.63, 3.8) is 0 Å². The van der Waals surface area contributed by atoms with Crippen molar-refractivity contribution in [2.75, 3.05) is 26.4 Å². The average molecular weight is 719 g/mol. The van der Waals surface area contributed by atoms with Crippen LogP contribution in [0.3, 0.4) is 0 Å². The van der Waals surface area contributed by atoms with Crippen LogP contribution >= 0.6 is 0 Å². The van der Waals surface area contributed by atoms with Crippen LogP contribution in [0.15, 0.2) is 48.6 Å². The van der Waals surface area contributed by atoms with Gasteiger partial charge < -0.3 is 34.3 Å². The first-order valence-electron chi connectivity index (χ1n) is 17.9. The van der Waals surface area contributed by atoms with Gasteiger partial charge in [-0.3, -0.25) is 9.35 Å². The molecule has 0 spiro atoms. The summed E-state index contributed by atoms with van der Waals surface area (Å²) in [5.74, 6) is -0.427. The summed E-state index contributed by atoms with van der Waals surface area (Å²) < 4.78 is 58.5. The number of carbonyl (C=O) groups is 1. The second-order valence-electron chi connectivity index (χ2n) is 12.1. The highest BCUT2D eigenvalue weighted by molar-refractivity contribution is 7.80. The first-order valence-corrected chi connectivity index (χ1v) is 19.3. The first-order chi connectivity index (χ1) is 23.6. The van der Waals surface area contributed by atoms with E-state index in [1.807, 2.05) is 0 Å². The minimum absolute atomic E-state index is 0.00279. The van der Waals surface area contributed by atoms with Crippen LogP contribution in [0, 0.1) is 0 Å². The number of hydrogen-bond acceptors (Lipinski definition) is 11. The van der Waals surface area contributed by atoms with Crippen molar-refractivity contribution < 1.29 is 56.2 Å². The lowest BCUT2D eigenvalue weighted by atomic mass is 9.99. The summed E-state index contributed by atoms with van der Waals surface area (Å²) in [7, 11) is -5.06. The van der Waals surface area contributed by atoms with Gasteiger partial charge in [-0.2, -0.15) is 8.42 Å². The van der Waals surface area contributed by atoms with E-state index in [9.17, 15) is 28.5 Å². The normalized spacial score (nSPS) is 22.6. The number of ether oxygens (including phenoxy) is 4. The molecule has 0 saturated carbocycles. The molecule has 49 heavy (non-hydrogen) atoms. The third kappa shape index (κ3) is 23.2. The van der Waals surface area contributed by atoms with E-state index < -0.39 is 59.8 Å². The van der Waals surface area contributed by atoms with Crippen molar-refractivity contribution >= 4 is 16.4 Å². The molecule has 6 atom stereocenters. The lowest BCUT2D eigenvalue weighted by Crippen LogP contribution is -2.60. The van der Waals surface area contributed by atoms with E-state index in [4.69, 9.17) is 23.5 Å². The zero-order chi connectivity index (χ0) is 36.2. The Morgan fingerprint density at radius 2 is 1.39 bits per heavy atom. The van der Waals surface area contributed by atoms with Gasteiger partial charge in [-0.15, -0.1) is 0 Å². The first kappa shape index (κ1) is 45.1. The van der Waals surface area contributed by atoms with Crippen LogP contribution < -0.4 is 0 Å². The summed E-state index contributed by atoms with van der Waals surface area (Å²) in [4.78, 5) is 12.6. The van der Waals surface area contributed by atoms with Gasteiger partial charge in [0.1, 0.15) is 30.5 Å².